The van der Waals surface area contributed by atoms with E-state index in [0.29, 0.717) is 13.3 Å². The third-order valence-corrected chi connectivity index (χ3v) is 2.85. The molecule has 0 radical (unpaired) electrons. The Hall–Kier alpha value is -2.08. The van der Waals surface area contributed by atoms with Crippen LogP contribution >= 0.6 is 0 Å². The first-order valence-electron chi connectivity index (χ1n) is 5.75. The lowest BCUT2D eigenvalue weighted by atomic mass is 10.2. The van der Waals surface area contributed by atoms with Crippen LogP contribution < -0.4 is 14.8 Å². The van der Waals surface area contributed by atoms with E-state index in [4.69, 9.17) is 9.47 Å². The minimum atomic E-state index is 0.311. The molecule has 0 unspecified atom stereocenters. The number of hydrogen-bond acceptors (Lipinski definition) is 5. The van der Waals surface area contributed by atoms with Crippen LogP contribution in [0.2, 0.25) is 0 Å². The lowest BCUT2D eigenvalue weighted by molar-refractivity contribution is 0.174. The van der Waals surface area contributed by atoms with E-state index in [2.05, 4.69) is 15.5 Å². The SMILES string of the molecule is Cn1cnnc1CNCc1ccc2c(c1)OCO2. The Morgan fingerprint density at radius 3 is 3.00 bits per heavy atom. The van der Waals surface area contributed by atoms with E-state index >= 15 is 0 Å². The average molecular weight is 246 g/mol. The quantitative estimate of drug-likeness (QED) is 0.866. The summed E-state index contributed by atoms with van der Waals surface area (Å²) in [6, 6.07) is 5.95. The summed E-state index contributed by atoms with van der Waals surface area (Å²) in [7, 11) is 1.93. The molecular formula is C12H14N4O2. The van der Waals surface area contributed by atoms with Crippen molar-refractivity contribution in [1.82, 2.24) is 20.1 Å². The molecule has 0 amide bonds. The van der Waals surface area contributed by atoms with Gasteiger partial charge in [-0.1, -0.05) is 6.07 Å². The maximum Gasteiger partial charge on any atom is 0.231 e. The Morgan fingerprint density at radius 1 is 1.28 bits per heavy atom. The second-order valence-corrected chi connectivity index (χ2v) is 4.15. The fourth-order valence-corrected chi connectivity index (χ4v) is 1.84. The highest BCUT2D eigenvalue weighted by Gasteiger charge is 2.12. The van der Waals surface area contributed by atoms with Gasteiger partial charge in [0.15, 0.2) is 11.5 Å². The number of aromatic nitrogens is 3. The molecule has 0 saturated carbocycles. The Balaban J connectivity index is 1.59. The monoisotopic (exact) mass is 246 g/mol. The fraction of sp³-hybridized carbons (Fsp3) is 0.333. The third kappa shape index (κ3) is 2.14. The van der Waals surface area contributed by atoms with Gasteiger partial charge in [-0.05, 0) is 17.7 Å². The number of fused-ring (bicyclic) bond motifs is 1. The molecule has 2 heterocycles. The summed E-state index contributed by atoms with van der Waals surface area (Å²) < 4.78 is 12.5. The van der Waals surface area contributed by atoms with Crippen molar-refractivity contribution in [1.29, 1.82) is 0 Å². The Labute approximate surface area is 105 Å². The summed E-state index contributed by atoms with van der Waals surface area (Å²) in [5.41, 5.74) is 1.15. The molecule has 1 aliphatic rings. The standard InChI is InChI=1S/C12H14N4O2/c1-16-7-14-15-12(16)6-13-5-9-2-3-10-11(4-9)18-8-17-10/h2-4,7,13H,5-6,8H2,1H3. The van der Waals surface area contributed by atoms with Gasteiger partial charge in [0.1, 0.15) is 12.2 Å². The average Bonchev–Trinajstić information content (AvgIpc) is 2.98. The molecule has 6 nitrogen and oxygen atoms in total. The van der Waals surface area contributed by atoms with E-state index in [0.717, 1.165) is 29.4 Å². The molecule has 94 valence electrons. The van der Waals surface area contributed by atoms with Gasteiger partial charge in [0.05, 0.1) is 6.54 Å². The molecule has 3 rings (SSSR count). The zero-order valence-corrected chi connectivity index (χ0v) is 10.1. The fourth-order valence-electron chi connectivity index (χ4n) is 1.84. The summed E-state index contributed by atoms with van der Waals surface area (Å²) in [5.74, 6) is 2.54. The number of nitrogens with one attached hydrogen (secondary N) is 1. The van der Waals surface area contributed by atoms with Gasteiger partial charge in [0, 0.05) is 13.6 Å². The van der Waals surface area contributed by atoms with Crippen molar-refractivity contribution in [3.8, 4) is 11.5 Å². The van der Waals surface area contributed by atoms with E-state index in [9.17, 15) is 0 Å². The maximum absolute atomic E-state index is 5.33. The Bertz CT molecular complexity index is 553. The Morgan fingerprint density at radius 2 is 2.17 bits per heavy atom. The summed E-state index contributed by atoms with van der Waals surface area (Å²) in [6.45, 7) is 1.75. The minimum absolute atomic E-state index is 0.311. The van der Waals surface area contributed by atoms with Crippen LogP contribution in [0.15, 0.2) is 24.5 Å². The largest absolute Gasteiger partial charge is 0.454 e. The van der Waals surface area contributed by atoms with E-state index in [1.807, 2.05) is 29.8 Å². The molecule has 6 heteroatoms. The zero-order chi connectivity index (χ0) is 12.4. The molecule has 1 aromatic carbocycles. The van der Waals surface area contributed by atoms with Gasteiger partial charge in [-0.3, -0.25) is 0 Å². The van der Waals surface area contributed by atoms with Gasteiger partial charge in [0.25, 0.3) is 0 Å². The molecule has 18 heavy (non-hydrogen) atoms. The second-order valence-electron chi connectivity index (χ2n) is 4.15. The van der Waals surface area contributed by atoms with E-state index < -0.39 is 0 Å². The van der Waals surface area contributed by atoms with Crippen LogP contribution in [0.1, 0.15) is 11.4 Å². The topological polar surface area (TPSA) is 61.2 Å². The molecule has 1 aromatic heterocycles. The predicted octanol–water partition coefficient (Wildman–Crippen LogP) is 0.834. The molecule has 0 spiro atoms. The number of ether oxygens (including phenoxy) is 2. The van der Waals surface area contributed by atoms with Gasteiger partial charge in [-0.25, -0.2) is 0 Å². The summed E-state index contributed by atoms with van der Waals surface area (Å²) in [6.07, 6.45) is 1.69. The first-order chi connectivity index (χ1) is 8.83. The number of rotatable bonds is 4. The number of aryl methyl sites for hydroxylation is 1. The molecular weight excluding hydrogens is 232 g/mol. The van der Waals surface area contributed by atoms with Crippen molar-refractivity contribution in [2.24, 2.45) is 7.05 Å². The third-order valence-electron chi connectivity index (χ3n) is 2.85. The van der Waals surface area contributed by atoms with Gasteiger partial charge < -0.3 is 19.4 Å². The summed E-state index contributed by atoms with van der Waals surface area (Å²) in [4.78, 5) is 0. The van der Waals surface area contributed by atoms with Gasteiger partial charge in [-0.15, -0.1) is 10.2 Å². The van der Waals surface area contributed by atoms with Gasteiger partial charge in [-0.2, -0.15) is 0 Å². The van der Waals surface area contributed by atoms with Crippen LogP contribution in [0.25, 0.3) is 0 Å². The molecule has 0 bridgehead atoms. The first-order valence-corrected chi connectivity index (χ1v) is 5.75. The molecule has 2 aromatic rings. The van der Waals surface area contributed by atoms with Crippen LogP contribution in [0.5, 0.6) is 11.5 Å². The molecule has 1 N–H and O–H groups in total. The lowest BCUT2D eigenvalue weighted by Crippen LogP contribution is -2.15. The predicted molar refractivity (Wildman–Crippen MR) is 64.1 cm³/mol. The summed E-state index contributed by atoms with van der Waals surface area (Å²) in [5, 5.41) is 11.2. The van der Waals surface area contributed by atoms with Crippen LogP contribution in [-0.4, -0.2) is 21.6 Å². The Kier molecular flexibility index (Phi) is 2.85. The van der Waals surface area contributed by atoms with Crippen molar-refractivity contribution in [3.05, 3.63) is 35.9 Å². The van der Waals surface area contributed by atoms with Crippen molar-refractivity contribution in [3.63, 3.8) is 0 Å². The minimum Gasteiger partial charge on any atom is -0.454 e. The molecule has 0 aliphatic carbocycles. The van der Waals surface area contributed by atoms with Gasteiger partial charge >= 0.3 is 0 Å². The first kappa shape index (κ1) is 11.0. The van der Waals surface area contributed by atoms with E-state index in [-0.39, 0.29) is 0 Å². The molecule has 1 aliphatic heterocycles. The maximum atomic E-state index is 5.33. The normalized spacial score (nSPS) is 12.9. The second kappa shape index (κ2) is 4.66. The number of benzene rings is 1. The van der Waals surface area contributed by atoms with Crippen molar-refractivity contribution >= 4 is 0 Å². The van der Waals surface area contributed by atoms with E-state index in [1.165, 1.54) is 0 Å². The van der Waals surface area contributed by atoms with Crippen LogP contribution in [0.4, 0.5) is 0 Å². The number of nitrogens with zero attached hydrogens (tertiary/aromatic N) is 3. The highest BCUT2D eigenvalue weighted by molar-refractivity contribution is 5.44. The molecule has 0 saturated heterocycles. The summed E-state index contributed by atoms with van der Waals surface area (Å²) >= 11 is 0. The highest BCUT2D eigenvalue weighted by Crippen LogP contribution is 2.32. The van der Waals surface area contributed by atoms with Crippen molar-refractivity contribution in [2.45, 2.75) is 13.1 Å². The van der Waals surface area contributed by atoms with E-state index in [1.54, 1.807) is 6.33 Å². The number of hydrogen-bond donors (Lipinski definition) is 1. The highest BCUT2D eigenvalue weighted by atomic mass is 16.7. The van der Waals surface area contributed by atoms with Crippen molar-refractivity contribution < 1.29 is 9.47 Å². The lowest BCUT2D eigenvalue weighted by Gasteiger charge is -2.05. The molecule has 0 fully saturated rings. The van der Waals surface area contributed by atoms with Gasteiger partial charge in [0.2, 0.25) is 6.79 Å². The van der Waals surface area contributed by atoms with Crippen LogP contribution in [0.3, 0.4) is 0 Å². The van der Waals surface area contributed by atoms with Crippen LogP contribution in [0, 0.1) is 0 Å². The molecule has 0 atom stereocenters. The zero-order valence-electron chi connectivity index (χ0n) is 10.1. The van der Waals surface area contributed by atoms with Crippen LogP contribution in [-0.2, 0) is 20.1 Å². The van der Waals surface area contributed by atoms with Crippen molar-refractivity contribution in [2.75, 3.05) is 6.79 Å². The smallest absolute Gasteiger partial charge is 0.231 e.